The molecule has 3 aromatic carbocycles. The van der Waals surface area contributed by atoms with Gasteiger partial charge in [-0.3, -0.25) is 15.1 Å². The monoisotopic (exact) mass is 377 g/mol. The summed E-state index contributed by atoms with van der Waals surface area (Å²) in [6.07, 6.45) is 0.647. The van der Waals surface area contributed by atoms with E-state index in [1.165, 1.54) is 12.1 Å². The van der Waals surface area contributed by atoms with E-state index in [9.17, 15) is 10.1 Å². The first-order valence-electron chi connectivity index (χ1n) is 8.53. The number of fused-ring (bicyclic) bond motifs is 1. The van der Waals surface area contributed by atoms with Crippen LogP contribution in [0.15, 0.2) is 77.8 Å². The van der Waals surface area contributed by atoms with Crippen LogP contribution in [0, 0.1) is 10.1 Å². The smallest absolute Gasteiger partial charge is 0.269 e. The SMILES string of the molecule is O=[N+]([O-])c1ccc([C@@H]2CC(c3ccc(Cl)cc3)=Nc3ccccc3N2)cc1. The predicted octanol–water partition coefficient (Wildman–Crippen LogP) is 5.93. The molecule has 0 amide bonds. The lowest BCUT2D eigenvalue weighted by molar-refractivity contribution is -0.384. The van der Waals surface area contributed by atoms with Gasteiger partial charge in [0.1, 0.15) is 0 Å². The Labute approximate surface area is 161 Å². The summed E-state index contributed by atoms with van der Waals surface area (Å²) < 4.78 is 0. The molecule has 1 heterocycles. The van der Waals surface area contributed by atoms with Crippen LogP contribution >= 0.6 is 11.6 Å². The zero-order valence-corrected chi connectivity index (χ0v) is 15.1. The van der Waals surface area contributed by atoms with Crippen molar-refractivity contribution in [2.45, 2.75) is 12.5 Å². The first kappa shape index (κ1) is 17.2. The fourth-order valence-electron chi connectivity index (χ4n) is 3.17. The zero-order chi connectivity index (χ0) is 18.8. The van der Waals surface area contributed by atoms with E-state index in [-0.39, 0.29) is 16.7 Å². The number of nitro benzene ring substituents is 1. The first-order valence-corrected chi connectivity index (χ1v) is 8.91. The Kier molecular flexibility index (Phi) is 4.60. The second kappa shape index (κ2) is 7.21. The number of benzene rings is 3. The summed E-state index contributed by atoms with van der Waals surface area (Å²) in [6, 6.07) is 22.1. The van der Waals surface area contributed by atoms with Crippen LogP contribution in [0.3, 0.4) is 0 Å². The molecule has 0 radical (unpaired) electrons. The minimum atomic E-state index is -0.389. The van der Waals surface area contributed by atoms with E-state index in [0.29, 0.717) is 11.4 Å². The summed E-state index contributed by atoms with van der Waals surface area (Å²) in [5.41, 5.74) is 4.80. The number of hydrogen-bond donors (Lipinski definition) is 1. The fourth-order valence-corrected chi connectivity index (χ4v) is 3.30. The lowest BCUT2D eigenvalue weighted by Gasteiger charge is -2.19. The second-order valence-electron chi connectivity index (χ2n) is 6.33. The Bertz CT molecular complexity index is 1010. The number of non-ortho nitro benzene ring substituents is 1. The number of rotatable bonds is 3. The number of halogens is 1. The molecular weight excluding hydrogens is 362 g/mol. The van der Waals surface area contributed by atoms with Gasteiger partial charge in [0.15, 0.2) is 0 Å². The number of anilines is 1. The van der Waals surface area contributed by atoms with E-state index in [2.05, 4.69) is 5.32 Å². The third-order valence-corrected chi connectivity index (χ3v) is 4.82. The van der Waals surface area contributed by atoms with Crippen LogP contribution in [0.25, 0.3) is 0 Å². The second-order valence-corrected chi connectivity index (χ2v) is 6.77. The number of para-hydroxylation sites is 2. The van der Waals surface area contributed by atoms with Crippen molar-refractivity contribution in [3.63, 3.8) is 0 Å². The Morgan fingerprint density at radius 3 is 2.41 bits per heavy atom. The zero-order valence-electron chi connectivity index (χ0n) is 14.3. The van der Waals surface area contributed by atoms with Crippen molar-refractivity contribution in [2.24, 2.45) is 4.99 Å². The van der Waals surface area contributed by atoms with Crippen LogP contribution in [0.1, 0.15) is 23.6 Å². The van der Waals surface area contributed by atoms with Gasteiger partial charge >= 0.3 is 0 Å². The van der Waals surface area contributed by atoms with Gasteiger partial charge in [0.25, 0.3) is 5.69 Å². The predicted molar refractivity (Wildman–Crippen MR) is 108 cm³/mol. The maximum atomic E-state index is 10.9. The summed E-state index contributed by atoms with van der Waals surface area (Å²) in [5.74, 6) is 0. The molecule has 134 valence electrons. The van der Waals surface area contributed by atoms with E-state index in [0.717, 1.165) is 28.2 Å². The molecule has 1 atom stereocenters. The molecule has 0 spiro atoms. The molecule has 0 fully saturated rings. The quantitative estimate of drug-likeness (QED) is 0.454. The van der Waals surface area contributed by atoms with Crippen molar-refractivity contribution in [1.29, 1.82) is 0 Å². The molecule has 0 bridgehead atoms. The largest absolute Gasteiger partial charge is 0.376 e. The normalized spacial score (nSPS) is 15.9. The van der Waals surface area contributed by atoms with Crippen LogP contribution < -0.4 is 5.32 Å². The molecule has 1 aliphatic rings. The van der Waals surface area contributed by atoms with E-state index in [4.69, 9.17) is 16.6 Å². The molecule has 4 rings (SSSR count). The van der Waals surface area contributed by atoms with Gasteiger partial charge in [-0.15, -0.1) is 0 Å². The molecule has 0 aliphatic carbocycles. The third kappa shape index (κ3) is 3.68. The maximum Gasteiger partial charge on any atom is 0.269 e. The van der Waals surface area contributed by atoms with Gasteiger partial charge in [-0.05, 0) is 35.4 Å². The molecule has 1 N–H and O–H groups in total. The van der Waals surface area contributed by atoms with Crippen molar-refractivity contribution in [2.75, 3.05) is 5.32 Å². The molecular formula is C21H16ClN3O2. The number of nitro groups is 1. The van der Waals surface area contributed by atoms with E-state index in [1.807, 2.05) is 48.5 Å². The Hall–Kier alpha value is -3.18. The van der Waals surface area contributed by atoms with Crippen molar-refractivity contribution in [3.8, 4) is 0 Å². The van der Waals surface area contributed by atoms with Crippen LogP contribution in [-0.4, -0.2) is 10.6 Å². The number of nitrogens with zero attached hydrogens (tertiary/aromatic N) is 2. The highest BCUT2D eigenvalue weighted by atomic mass is 35.5. The van der Waals surface area contributed by atoms with E-state index < -0.39 is 0 Å². The van der Waals surface area contributed by atoms with Crippen molar-refractivity contribution < 1.29 is 4.92 Å². The average Bonchev–Trinajstić information content (AvgIpc) is 2.88. The van der Waals surface area contributed by atoms with Crippen molar-refractivity contribution in [1.82, 2.24) is 0 Å². The van der Waals surface area contributed by atoms with E-state index in [1.54, 1.807) is 12.1 Å². The van der Waals surface area contributed by atoms with Gasteiger partial charge in [-0.1, -0.05) is 48.0 Å². The fraction of sp³-hybridized carbons (Fsp3) is 0.0952. The van der Waals surface area contributed by atoms with E-state index >= 15 is 0 Å². The Morgan fingerprint density at radius 2 is 1.70 bits per heavy atom. The Balaban J connectivity index is 1.75. The maximum absolute atomic E-state index is 10.9. The molecule has 3 aromatic rings. The third-order valence-electron chi connectivity index (χ3n) is 4.57. The molecule has 6 heteroatoms. The minimum Gasteiger partial charge on any atom is -0.376 e. The molecule has 0 saturated carbocycles. The number of hydrogen-bond acceptors (Lipinski definition) is 4. The molecule has 0 unspecified atom stereocenters. The van der Waals surface area contributed by atoms with Gasteiger partial charge in [0, 0.05) is 23.6 Å². The molecule has 0 saturated heterocycles. The van der Waals surface area contributed by atoms with Gasteiger partial charge in [0.2, 0.25) is 0 Å². The first-order chi connectivity index (χ1) is 13.1. The van der Waals surface area contributed by atoms with Gasteiger partial charge < -0.3 is 5.32 Å². The van der Waals surface area contributed by atoms with Crippen LogP contribution in [0.5, 0.6) is 0 Å². The summed E-state index contributed by atoms with van der Waals surface area (Å²) >= 11 is 6.02. The molecule has 27 heavy (non-hydrogen) atoms. The lowest BCUT2D eigenvalue weighted by atomic mass is 9.97. The van der Waals surface area contributed by atoms with Crippen LogP contribution in [0.2, 0.25) is 5.02 Å². The number of nitrogens with one attached hydrogen (secondary N) is 1. The Morgan fingerprint density at radius 1 is 1.00 bits per heavy atom. The van der Waals surface area contributed by atoms with Crippen LogP contribution in [-0.2, 0) is 0 Å². The van der Waals surface area contributed by atoms with Gasteiger partial charge in [-0.25, -0.2) is 0 Å². The molecule has 5 nitrogen and oxygen atoms in total. The standard InChI is InChI=1S/C21H16ClN3O2/c22-16-9-5-14(6-10-16)20-13-21(15-7-11-17(12-8-15)25(26)27)24-19-4-2-1-3-18(19)23-20/h1-12,21,24H,13H2/t21-/m0/s1. The van der Waals surface area contributed by atoms with Crippen molar-refractivity contribution >= 4 is 34.4 Å². The molecule has 0 aromatic heterocycles. The highest BCUT2D eigenvalue weighted by molar-refractivity contribution is 6.30. The summed E-state index contributed by atoms with van der Waals surface area (Å²) in [5, 5.41) is 15.1. The highest BCUT2D eigenvalue weighted by Gasteiger charge is 2.21. The molecule has 1 aliphatic heterocycles. The summed E-state index contributed by atoms with van der Waals surface area (Å²) in [6.45, 7) is 0. The summed E-state index contributed by atoms with van der Waals surface area (Å²) in [4.78, 5) is 15.4. The number of aliphatic imine (C=N–C) groups is 1. The van der Waals surface area contributed by atoms with Gasteiger partial charge in [-0.2, -0.15) is 0 Å². The van der Waals surface area contributed by atoms with Crippen molar-refractivity contribution in [3.05, 3.63) is 99.1 Å². The topological polar surface area (TPSA) is 67.5 Å². The summed E-state index contributed by atoms with van der Waals surface area (Å²) in [7, 11) is 0. The van der Waals surface area contributed by atoms with Crippen LogP contribution in [0.4, 0.5) is 17.1 Å². The van der Waals surface area contributed by atoms with Gasteiger partial charge in [0.05, 0.1) is 28.1 Å². The minimum absolute atomic E-state index is 0.0520. The average molecular weight is 378 g/mol. The lowest BCUT2D eigenvalue weighted by Crippen LogP contribution is -2.14. The highest BCUT2D eigenvalue weighted by Crippen LogP contribution is 2.35.